The van der Waals surface area contributed by atoms with Crippen molar-refractivity contribution in [1.82, 2.24) is 0 Å². The van der Waals surface area contributed by atoms with E-state index in [1.54, 1.807) is 0 Å². The molecule has 0 heterocycles. The van der Waals surface area contributed by atoms with Gasteiger partial charge in [-0.05, 0) is 75.8 Å². The first-order valence-electron chi connectivity index (χ1n) is 8.57. The van der Waals surface area contributed by atoms with E-state index in [4.69, 9.17) is 0 Å². The molecule has 0 bridgehead atoms. The molecular weight excluding hydrogens is 296 g/mol. The largest absolute Gasteiger partial charge is 0.388 e. The third kappa shape index (κ3) is 3.93. The molecule has 1 atom stereocenters. The zero-order chi connectivity index (χ0) is 18.0. The third-order valence-electron chi connectivity index (χ3n) is 4.67. The SMILES string of the molecule is Cc1cc(C)c(C(=O)CCC(O)c2c(C)cc(C)cc2C)c(C)c1. The Morgan fingerprint density at radius 3 is 1.71 bits per heavy atom. The molecule has 0 saturated carbocycles. The lowest BCUT2D eigenvalue weighted by Gasteiger charge is -2.18. The Bertz CT molecular complexity index is 726. The number of carbonyl (C=O) groups is 1. The van der Waals surface area contributed by atoms with Crippen LogP contribution in [-0.4, -0.2) is 10.9 Å². The second-order valence-electron chi connectivity index (χ2n) is 7.06. The average Bonchev–Trinajstić information content (AvgIpc) is 2.42. The number of rotatable bonds is 5. The molecule has 2 rings (SSSR count). The van der Waals surface area contributed by atoms with Crippen LogP contribution in [0.1, 0.15) is 68.2 Å². The van der Waals surface area contributed by atoms with Gasteiger partial charge in [-0.2, -0.15) is 0 Å². The summed E-state index contributed by atoms with van der Waals surface area (Å²) >= 11 is 0. The van der Waals surface area contributed by atoms with Crippen LogP contribution in [0.15, 0.2) is 24.3 Å². The van der Waals surface area contributed by atoms with E-state index in [1.165, 1.54) is 11.1 Å². The van der Waals surface area contributed by atoms with Crippen LogP contribution < -0.4 is 0 Å². The van der Waals surface area contributed by atoms with E-state index in [1.807, 2.05) is 46.8 Å². The second-order valence-corrected chi connectivity index (χ2v) is 7.06. The monoisotopic (exact) mass is 324 g/mol. The minimum absolute atomic E-state index is 0.117. The molecule has 1 N–H and O–H groups in total. The van der Waals surface area contributed by atoms with E-state index in [0.717, 1.165) is 33.4 Å². The lowest BCUT2D eigenvalue weighted by molar-refractivity contribution is 0.0938. The van der Waals surface area contributed by atoms with Gasteiger partial charge in [-0.15, -0.1) is 0 Å². The van der Waals surface area contributed by atoms with E-state index < -0.39 is 6.10 Å². The smallest absolute Gasteiger partial charge is 0.163 e. The standard InChI is InChI=1S/C22H28O2/c1-13-9-15(3)21(16(4)10-13)19(23)7-8-20(24)22-17(5)11-14(2)12-18(22)6/h9-12,19,23H,7-8H2,1-6H3. The summed E-state index contributed by atoms with van der Waals surface area (Å²) in [5, 5.41) is 10.6. The molecule has 2 heteroatoms. The van der Waals surface area contributed by atoms with Gasteiger partial charge in [0.2, 0.25) is 0 Å². The Morgan fingerprint density at radius 2 is 1.25 bits per heavy atom. The van der Waals surface area contributed by atoms with Crippen molar-refractivity contribution in [3.63, 3.8) is 0 Å². The van der Waals surface area contributed by atoms with Crippen LogP contribution in [0.25, 0.3) is 0 Å². The van der Waals surface area contributed by atoms with Gasteiger partial charge in [0.25, 0.3) is 0 Å². The lowest BCUT2D eigenvalue weighted by Crippen LogP contribution is -2.09. The average molecular weight is 324 g/mol. The van der Waals surface area contributed by atoms with E-state index in [0.29, 0.717) is 12.8 Å². The Labute approximate surface area is 145 Å². The molecule has 0 saturated heterocycles. The summed E-state index contributed by atoms with van der Waals surface area (Å²) < 4.78 is 0. The number of aliphatic hydroxyl groups is 1. The Balaban J connectivity index is 2.15. The number of aryl methyl sites for hydroxylation is 6. The topological polar surface area (TPSA) is 37.3 Å². The predicted molar refractivity (Wildman–Crippen MR) is 99.8 cm³/mol. The van der Waals surface area contributed by atoms with Crippen molar-refractivity contribution >= 4 is 5.78 Å². The highest BCUT2D eigenvalue weighted by atomic mass is 16.3. The fraction of sp³-hybridized carbons (Fsp3) is 0.409. The van der Waals surface area contributed by atoms with Gasteiger partial charge in [-0.25, -0.2) is 0 Å². The molecule has 0 amide bonds. The molecule has 24 heavy (non-hydrogen) atoms. The molecule has 0 fully saturated rings. The molecule has 0 spiro atoms. The zero-order valence-corrected chi connectivity index (χ0v) is 15.7. The summed E-state index contributed by atoms with van der Waals surface area (Å²) in [6.45, 7) is 12.1. The highest BCUT2D eigenvalue weighted by Gasteiger charge is 2.18. The minimum atomic E-state index is -0.597. The number of ketones is 1. The molecule has 0 aliphatic rings. The summed E-state index contributed by atoms with van der Waals surface area (Å²) in [5.41, 5.74) is 8.38. The molecule has 2 aromatic rings. The first-order valence-corrected chi connectivity index (χ1v) is 8.57. The van der Waals surface area contributed by atoms with Crippen LogP contribution in [-0.2, 0) is 0 Å². The lowest BCUT2D eigenvalue weighted by atomic mass is 9.90. The van der Waals surface area contributed by atoms with Crippen molar-refractivity contribution in [2.75, 3.05) is 0 Å². The van der Waals surface area contributed by atoms with Crippen LogP contribution in [0.2, 0.25) is 0 Å². The minimum Gasteiger partial charge on any atom is -0.388 e. The van der Waals surface area contributed by atoms with Gasteiger partial charge in [0.15, 0.2) is 5.78 Å². The van der Waals surface area contributed by atoms with Crippen molar-refractivity contribution in [1.29, 1.82) is 0 Å². The molecule has 2 aromatic carbocycles. The molecular formula is C22H28O2. The first-order chi connectivity index (χ1) is 11.2. The van der Waals surface area contributed by atoms with Crippen molar-refractivity contribution < 1.29 is 9.90 Å². The van der Waals surface area contributed by atoms with Gasteiger partial charge in [0.05, 0.1) is 6.10 Å². The highest BCUT2D eigenvalue weighted by molar-refractivity contribution is 5.98. The van der Waals surface area contributed by atoms with E-state index in [-0.39, 0.29) is 5.78 Å². The Kier molecular flexibility index (Phi) is 5.61. The quantitative estimate of drug-likeness (QED) is 0.764. The van der Waals surface area contributed by atoms with Crippen molar-refractivity contribution in [3.05, 3.63) is 68.8 Å². The van der Waals surface area contributed by atoms with E-state index in [2.05, 4.69) is 19.1 Å². The van der Waals surface area contributed by atoms with Crippen LogP contribution in [0.5, 0.6) is 0 Å². The Hall–Kier alpha value is -1.93. The summed E-state index contributed by atoms with van der Waals surface area (Å²) in [6.07, 6.45) is 0.218. The van der Waals surface area contributed by atoms with E-state index >= 15 is 0 Å². The van der Waals surface area contributed by atoms with Crippen molar-refractivity contribution in [2.45, 2.75) is 60.5 Å². The summed E-state index contributed by atoms with van der Waals surface area (Å²) in [5.74, 6) is 0.117. The third-order valence-corrected chi connectivity index (χ3v) is 4.67. The fourth-order valence-corrected chi connectivity index (χ4v) is 3.87. The first kappa shape index (κ1) is 18.4. The van der Waals surface area contributed by atoms with Crippen molar-refractivity contribution in [2.24, 2.45) is 0 Å². The summed E-state index contributed by atoms with van der Waals surface area (Å²) in [4.78, 5) is 12.6. The highest BCUT2D eigenvalue weighted by Crippen LogP contribution is 2.28. The summed E-state index contributed by atoms with van der Waals surface area (Å²) in [6, 6.07) is 8.26. The molecule has 1 unspecified atom stereocenters. The molecule has 128 valence electrons. The van der Waals surface area contributed by atoms with Crippen LogP contribution in [0, 0.1) is 41.5 Å². The number of hydrogen-bond acceptors (Lipinski definition) is 2. The summed E-state index contributed by atoms with van der Waals surface area (Å²) in [7, 11) is 0. The van der Waals surface area contributed by atoms with E-state index in [9.17, 15) is 9.90 Å². The molecule has 0 aliphatic carbocycles. The number of Topliss-reactive ketones (excluding diaryl/α,β-unsaturated/α-hetero) is 1. The molecule has 0 radical (unpaired) electrons. The van der Waals surface area contributed by atoms with Crippen LogP contribution in [0.4, 0.5) is 0 Å². The maximum atomic E-state index is 12.6. The predicted octanol–water partition coefficient (Wildman–Crippen LogP) is 5.23. The zero-order valence-electron chi connectivity index (χ0n) is 15.7. The number of hydrogen-bond donors (Lipinski definition) is 1. The van der Waals surface area contributed by atoms with Crippen molar-refractivity contribution in [3.8, 4) is 0 Å². The number of benzene rings is 2. The number of aliphatic hydroxyl groups excluding tert-OH is 1. The van der Waals surface area contributed by atoms with Crippen LogP contribution >= 0.6 is 0 Å². The normalized spacial score (nSPS) is 12.3. The van der Waals surface area contributed by atoms with Gasteiger partial charge >= 0.3 is 0 Å². The molecule has 0 aromatic heterocycles. The van der Waals surface area contributed by atoms with Gasteiger partial charge in [-0.3, -0.25) is 4.79 Å². The van der Waals surface area contributed by atoms with Gasteiger partial charge in [0, 0.05) is 12.0 Å². The Morgan fingerprint density at radius 1 is 0.833 bits per heavy atom. The van der Waals surface area contributed by atoms with Gasteiger partial charge < -0.3 is 5.11 Å². The van der Waals surface area contributed by atoms with Gasteiger partial charge in [0.1, 0.15) is 0 Å². The maximum Gasteiger partial charge on any atom is 0.163 e. The molecule has 0 aliphatic heterocycles. The maximum absolute atomic E-state index is 12.6. The number of carbonyl (C=O) groups excluding carboxylic acids is 1. The second kappa shape index (κ2) is 7.31. The van der Waals surface area contributed by atoms with Gasteiger partial charge in [-0.1, -0.05) is 35.4 Å². The molecule has 2 nitrogen and oxygen atoms in total. The van der Waals surface area contributed by atoms with Crippen LogP contribution in [0.3, 0.4) is 0 Å². The fourth-order valence-electron chi connectivity index (χ4n) is 3.87.